The maximum atomic E-state index is 12.0. The van der Waals surface area contributed by atoms with E-state index < -0.39 is 4.92 Å². The molecule has 5 nitrogen and oxygen atoms in total. The van der Waals surface area contributed by atoms with Crippen LogP contribution in [0.15, 0.2) is 18.2 Å². The standard InChI is InChI=1S/C16H19NO4/c1-10-6-14(4-5-15(10)17(19)20)21-16(18)9-13-8-11-2-3-12(13)7-11/h4-6,11-13H,2-3,7-9H2,1H3. The SMILES string of the molecule is Cc1cc(OC(=O)CC2CC3CCC2C3)ccc1[N+](=O)[O-]. The summed E-state index contributed by atoms with van der Waals surface area (Å²) in [5, 5.41) is 10.8. The number of ether oxygens (including phenoxy) is 1. The number of nitrogens with zero attached hydrogens (tertiary/aromatic N) is 1. The number of nitro benzene ring substituents is 1. The van der Waals surface area contributed by atoms with Crippen molar-refractivity contribution in [1.82, 2.24) is 0 Å². The van der Waals surface area contributed by atoms with Crippen LogP contribution in [0.4, 0.5) is 5.69 Å². The largest absolute Gasteiger partial charge is 0.427 e. The van der Waals surface area contributed by atoms with Crippen molar-refractivity contribution >= 4 is 11.7 Å². The first-order valence-electron chi connectivity index (χ1n) is 7.48. The molecule has 0 radical (unpaired) electrons. The Hall–Kier alpha value is -1.91. The normalized spacial score (nSPS) is 26.8. The molecule has 0 amide bonds. The number of fused-ring (bicyclic) bond motifs is 2. The Bertz CT molecular complexity index is 584. The lowest BCUT2D eigenvalue weighted by atomic mass is 9.86. The van der Waals surface area contributed by atoms with Crippen LogP contribution >= 0.6 is 0 Å². The number of aryl methyl sites for hydroxylation is 1. The van der Waals surface area contributed by atoms with E-state index in [-0.39, 0.29) is 11.7 Å². The molecule has 0 spiro atoms. The van der Waals surface area contributed by atoms with E-state index in [2.05, 4.69) is 0 Å². The maximum Gasteiger partial charge on any atom is 0.311 e. The predicted octanol–water partition coefficient (Wildman–Crippen LogP) is 3.63. The smallest absolute Gasteiger partial charge is 0.311 e. The highest BCUT2D eigenvalue weighted by Gasteiger charge is 2.40. The number of rotatable bonds is 4. The second kappa shape index (κ2) is 5.47. The van der Waals surface area contributed by atoms with Crippen molar-refractivity contribution in [2.45, 2.75) is 39.0 Å². The van der Waals surface area contributed by atoms with Gasteiger partial charge in [0, 0.05) is 18.1 Å². The third-order valence-corrected chi connectivity index (χ3v) is 4.91. The Morgan fingerprint density at radius 3 is 2.76 bits per heavy atom. The molecule has 2 bridgehead atoms. The minimum atomic E-state index is -0.434. The van der Waals surface area contributed by atoms with Gasteiger partial charge in [-0.05, 0) is 56.1 Å². The first-order valence-corrected chi connectivity index (χ1v) is 7.48. The molecule has 0 aliphatic heterocycles. The average molecular weight is 289 g/mol. The van der Waals surface area contributed by atoms with Gasteiger partial charge in [-0.15, -0.1) is 0 Å². The Morgan fingerprint density at radius 1 is 1.38 bits per heavy atom. The van der Waals surface area contributed by atoms with Crippen LogP contribution in [-0.4, -0.2) is 10.9 Å². The zero-order chi connectivity index (χ0) is 15.0. The lowest BCUT2D eigenvalue weighted by molar-refractivity contribution is -0.385. The van der Waals surface area contributed by atoms with Gasteiger partial charge in [0.1, 0.15) is 5.75 Å². The zero-order valence-electron chi connectivity index (χ0n) is 12.1. The third kappa shape index (κ3) is 2.91. The van der Waals surface area contributed by atoms with Gasteiger partial charge in [-0.1, -0.05) is 6.42 Å². The molecule has 2 aliphatic rings. The number of carbonyl (C=O) groups excluding carboxylic acids is 1. The van der Waals surface area contributed by atoms with Gasteiger partial charge in [-0.2, -0.15) is 0 Å². The Balaban J connectivity index is 1.60. The maximum absolute atomic E-state index is 12.0. The molecular formula is C16H19NO4. The molecule has 112 valence electrons. The lowest BCUT2D eigenvalue weighted by Gasteiger charge is -2.20. The molecule has 21 heavy (non-hydrogen) atoms. The summed E-state index contributed by atoms with van der Waals surface area (Å²) in [6.45, 7) is 1.64. The fourth-order valence-corrected chi connectivity index (χ4v) is 3.91. The van der Waals surface area contributed by atoms with Crippen LogP contribution in [0.1, 0.15) is 37.7 Å². The molecule has 3 unspecified atom stereocenters. The summed E-state index contributed by atoms with van der Waals surface area (Å²) in [6.07, 6.45) is 5.46. The number of carbonyl (C=O) groups is 1. The van der Waals surface area contributed by atoms with Crippen LogP contribution in [0.2, 0.25) is 0 Å². The van der Waals surface area contributed by atoms with Gasteiger partial charge in [-0.25, -0.2) is 0 Å². The Labute approximate surface area is 123 Å². The van der Waals surface area contributed by atoms with E-state index in [1.165, 1.54) is 31.4 Å². The van der Waals surface area contributed by atoms with Crippen molar-refractivity contribution in [3.05, 3.63) is 33.9 Å². The van der Waals surface area contributed by atoms with Gasteiger partial charge < -0.3 is 4.74 Å². The van der Waals surface area contributed by atoms with E-state index in [4.69, 9.17) is 4.74 Å². The molecule has 1 aromatic rings. The molecule has 1 aromatic carbocycles. The van der Waals surface area contributed by atoms with Crippen LogP contribution in [0.3, 0.4) is 0 Å². The van der Waals surface area contributed by atoms with Gasteiger partial charge in [-0.3, -0.25) is 14.9 Å². The quantitative estimate of drug-likeness (QED) is 0.367. The van der Waals surface area contributed by atoms with E-state index in [9.17, 15) is 14.9 Å². The molecule has 0 heterocycles. The summed E-state index contributed by atoms with van der Waals surface area (Å²) in [6, 6.07) is 4.43. The summed E-state index contributed by atoms with van der Waals surface area (Å²) < 4.78 is 5.34. The summed E-state index contributed by atoms with van der Waals surface area (Å²) in [7, 11) is 0. The monoisotopic (exact) mass is 289 g/mol. The van der Waals surface area contributed by atoms with Crippen LogP contribution in [0.5, 0.6) is 5.75 Å². The van der Waals surface area contributed by atoms with E-state index in [0.29, 0.717) is 29.6 Å². The number of benzene rings is 1. The fourth-order valence-electron chi connectivity index (χ4n) is 3.91. The molecule has 0 saturated heterocycles. The third-order valence-electron chi connectivity index (χ3n) is 4.91. The molecular weight excluding hydrogens is 270 g/mol. The van der Waals surface area contributed by atoms with Crippen LogP contribution in [0.25, 0.3) is 0 Å². The van der Waals surface area contributed by atoms with Crippen molar-refractivity contribution in [3.8, 4) is 5.75 Å². The highest BCUT2D eigenvalue weighted by atomic mass is 16.6. The minimum absolute atomic E-state index is 0.0444. The van der Waals surface area contributed by atoms with Crippen molar-refractivity contribution < 1.29 is 14.5 Å². The number of esters is 1. The van der Waals surface area contributed by atoms with Crippen molar-refractivity contribution in [1.29, 1.82) is 0 Å². The summed E-state index contributed by atoms with van der Waals surface area (Å²) in [4.78, 5) is 22.3. The predicted molar refractivity (Wildman–Crippen MR) is 77.0 cm³/mol. The first kappa shape index (κ1) is 14.0. The Morgan fingerprint density at radius 2 is 2.19 bits per heavy atom. The van der Waals surface area contributed by atoms with Crippen molar-refractivity contribution in [2.75, 3.05) is 0 Å². The second-order valence-corrected chi connectivity index (χ2v) is 6.32. The van der Waals surface area contributed by atoms with Gasteiger partial charge >= 0.3 is 5.97 Å². The minimum Gasteiger partial charge on any atom is -0.427 e. The number of hydrogen-bond acceptors (Lipinski definition) is 4. The summed E-state index contributed by atoms with van der Waals surface area (Å²) in [5.74, 6) is 2.15. The summed E-state index contributed by atoms with van der Waals surface area (Å²) in [5.41, 5.74) is 0.549. The summed E-state index contributed by atoms with van der Waals surface area (Å²) >= 11 is 0. The molecule has 0 aromatic heterocycles. The zero-order valence-corrected chi connectivity index (χ0v) is 12.1. The molecule has 3 rings (SSSR count). The Kier molecular flexibility index (Phi) is 3.66. The van der Waals surface area contributed by atoms with E-state index in [0.717, 1.165) is 12.3 Å². The van der Waals surface area contributed by atoms with Gasteiger partial charge in [0.15, 0.2) is 0 Å². The van der Waals surface area contributed by atoms with E-state index in [1.54, 1.807) is 13.0 Å². The highest BCUT2D eigenvalue weighted by molar-refractivity contribution is 5.73. The molecule has 2 aliphatic carbocycles. The molecule has 3 atom stereocenters. The van der Waals surface area contributed by atoms with Gasteiger partial charge in [0.05, 0.1) is 4.92 Å². The second-order valence-electron chi connectivity index (χ2n) is 6.32. The van der Waals surface area contributed by atoms with Gasteiger partial charge in [0.2, 0.25) is 0 Å². The number of hydrogen-bond donors (Lipinski definition) is 0. The topological polar surface area (TPSA) is 69.4 Å². The fraction of sp³-hybridized carbons (Fsp3) is 0.562. The van der Waals surface area contributed by atoms with Crippen LogP contribution in [-0.2, 0) is 4.79 Å². The van der Waals surface area contributed by atoms with Gasteiger partial charge in [0.25, 0.3) is 5.69 Å². The van der Waals surface area contributed by atoms with Crippen molar-refractivity contribution in [3.63, 3.8) is 0 Å². The van der Waals surface area contributed by atoms with E-state index in [1.807, 2.05) is 0 Å². The molecule has 2 saturated carbocycles. The molecule has 5 heteroatoms. The van der Waals surface area contributed by atoms with Crippen molar-refractivity contribution in [2.24, 2.45) is 17.8 Å². The lowest BCUT2D eigenvalue weighted by Crippen LogP contribution is -2.18. The number of nitro groups is 1. The van der Waals surface area contributed by atoms with E-state index >= 15 is 0 Å². The first-order chi connectivity index (χ1) is 10.0. The molecule has 2 fully saturated rings. The average Bonchev–Trinajstić information content (AvgIpc) is 3.00. The highest BCUT2D eigenvalue weighted by Crippen LogP contribution is 2.49. The molecule has 0 N–H and O–H groups in total. The van der Waals surface area contributed by atoms with Crippen LogP contribution < -0.4 is 4.74 Å². The van der Waals surface area contributed by atoms with Crippen LogP contribution in [0, 0.1) is 34.8 Å².